The predicted molar refractivity (Wildman–Crippen MR) is 129 cm³/mol. The fourth-order valence-electron chi connectivity index (χ4n) is 3.34. The lowest BCUT2D eigenvalue weighted by Gasteiger charge is -2.09. The van der Waals surface area contributed by atoms with Gasteiger partial charge in [0.05, 0.1) is 16.3 Å². The van der Waals surface area contributed by atoms with Crippen molar-refractivity contribution < 1.29 is 13.2 Å². The molecular weight excluding hydrogens is 458 g/mol. The second kappa shape index (κ2) is 9.55. The number of carbonyl (C=O) groups is 1. The van der Waals surface area contributed by atoms with Gasteiger partial charge in [0.25, 0.3) is 10.0 Å². The smallest absolute Gasteiger partial charge is 0.263 e. The van der Waals surface area contributed by atoms with E-state index in [0.29, 0.717) is 23.7 Å². The number of aryl methyl sites for hydroxylation is 3. The summed E-state index contributed by atoms with van der Waals surface area (Å²) in [5.41, 5.74) is 4.60. The second-order valence-electron chi connectivity index (χ2n) is 7.52. The van der Waals surface area contributed by atoms with E-state index in [-0.39, 0.29) is 10.8 Å². The van der Waals surface area contributed by atoms with E-state index in [9.17, 15) is 13.2 Å². The number of anilines is 2. The summed E-state index contributed by atoms with van der Waals surface area (Å²) in [6.07, 6.45) is 2.43. The van der Waals surface area contributed by atoms with Crippen molar-refractivity contribution in [2.24, 2.45) is 0 Å². The minimum absolute atomic E-state index is 0.0957. The maximum atomic E-state index is 12.4. The molecule has 2 N–H and O–H groups in total. The van der Waals surface area contributed by atoms with Crippen molar-refractivity contribution in [2.75, 3.05) is 10.0 Å². The zero-order valence-corrected chi connectivity index (χ0v) is 19.8. The van der Waals surface area contributed by atoms with E-state index in [1.165, 1.54) is 29.7 Å². The Balaban J connectivity index is 1.31. The molecule has 4 aromatic rings. The van der Waals surface area contributed by atoms with Gasteiger partial charge in [-0.25, -0.2) is 18.1 Å². The highest BCUT2D eigenvalue weighted by molar-refractivity contribution is 7.93. The van der Waals surface area contributed by atoms with Crippen LogP contribution in [0.15, 0.2) is 71.1 Å². The van der Waals surface area contributed by atoms with Gasteiger partial charge in [0, 0.05) is 29.4 Å². The monoisotopic (exact) mass is 481 g/mol. The van der Waals surface area contributed by atoms with Gasteiger partial charge in [-0.1, -0.05) is 12.1 Å². The van der Waals surface area contributed by atoms with Crippen molar-refractivity contribution in [3.8, 4) is 5.69 Å². The quantitative estimate of drug-likeness (QED) is 0.390. The number of hydrogen-bond donors (Lipinski definition) is 2. The van der Waals surface area contributed by atoms with Gasteiger partial charge >= 0.3 is 0 Å². The molecule has 33 heavy (non-hydrogen) atoms. The average molecular weight is 482 g/mol. The first-order valence-corrected chi connectivity index (χ1v) is 12.6. The van der Waals surface area contributed by atoms with Crippen molar-refractivity contribution in [3.05, 3.63) is 83.1 Å². The molecule has 4 rings (SSSR count). The topological polar surface area (TPSA) is 106 Å². The molecule has 10 heteroatoms. The number of sulfonamides is 1. The fraction of sp³-hybridized carbons (Fsp3) is 0.174. The van der Waals surface area contributed by atoms with Gasteiger partial charge < -0.3 is 5.32 Å². The molecular formula is C23H23N5O3S2. The molecule has 0 aliphatic carbocycles. The van der Waals surface area contributed by atoms with Gasteiger partial charge in [0.15, 0.2) is 5.13 Å². The van der Waals surface area contributed by atoms with Crippen LogP contribution in [0.4, 0.5) is 10.8 Å². The first-order chi connectivity index (χ1) is 15.8. The molecule has 8 nitrogen and oxygen atoms in total. The highest BCUT2D eigenvalue weighted by Gasteiger charge is 2.15. The minimum atomic E-state index is -3.72. The van der Waals surface area contributed by atoms with E-state index >= 15 is 0 Å². The van der Waals surface area contributed by atoms with Gasteiger partial charge in [0.2, 0.25) is 5.91 Å². The number of nitrogens with zero attached hydrogens (tertiary/aromatic N) is 3. The van der Waals surface area contributed by atoms with E-state index in [0.717, 1.165) is 22.6 Å². The summed E-state index contributed by atoms with van der Waals surface area (Å²) in [5, 5.41) is 9.27. The molecule has 170 valence electrons. The lowest BCUT2D eigenvalue weighted by molar-refractivity contribution is -0.116. The molecule has 2 aromatic heterocycles. The Morgan fingerprint density at radius 1 is 1.06 bits per heavy atom. The summed E-state index contributed by atoms with van der Waals surface area (Å²) >= 11 is 1.20. The summed E-state index contributed by atoms with van der Waals surface area (Å²) in [5.74, 6) is -0.144. The van der Waals surface area contributed by atoms with Crippen LogP contribution in [0.25, 0.3) is 5.69 Å². The number of aromatic nitrogens is 3. The maximum Gasteiger partial charge on any atom is 0.263 e. The number of nitrogens with one attached hydrogen (secondary N) is 2. The van der Waals surface area contributed by atoms with Gasteiger partial charge in [0.1, 0.15) is 0 Å². The highest BCUT2D eigenvalue weighted by Crippen LogP contribution is 2.20. The Bertz CT molecular complexity index is 1340. The lowest BCUT2D eigenvalue weighted by atomic mass is 10.1. The van der Waals surface area contributed by atoms with Crippen LogP contribution in [0.5, 0.6) is 0 Å². The van der Waals surface area contributed by atoms with E-state index in [2.05, 4.69) is 20.1 Å². The molecule has 0 saturated carbocycles. The maximum absolute atomic E-state index is 12.4. The normalized spacial score (nSPS) is 11.3. The number of benzene rings is 2. The van der Waals surface area contributed by atoms with Crippen molar-refractivity contribution in [3.63, 3.8) is 0 Å². The summed E-state index contributed by atoms with van der Waals surface area (Å²) in [6.45, 7) is 3.97. The van der Waals surface area contributed by atoms with Crippen LogP contribution < -0.4 is 10.0 Å². The number of hydrogen-bond acceptors (Lipinski definition) is 6. The molecule has 0 atom stereocenters. The van der Waals surface area contributed by atoms with Crippen molar-refractivity contribution >= 4 is 38.1 Å². The average Bonchev–Trinajstić information content (AvgIpc) is 3.41. The van der Waals surface area contributed by atoms with Gasteiger partial charge in [-0.15, -0.1) is 11.3 Å². The predicted octanol–water partition coefficient (Wildman–Crippen LogP) is 4.32. The summed E-state index contributed by atoms with van der Waals surface area (Å²) in [7, 11) is -3.72. The molecule has 0 aliphatic heterocycles. The van der Waals surface area contributed by atoms with Gasteiger partial charge in [-0.3, -0.25) is 9.52 Å². The van der Waals surface area contributed by atoms with Gasteiger partial charge in [-0.05, 0) is 68.3 Å². The SMILES string of the molecule is Cc1cc(C)n(-c2ccc(CCC(=O)Nc3ccc(S(=O)(=O)Nc4nccs4)cc3)cc2)n1. The summed E-state index contributed by atoms with van der Waals surface area (Å²) in [6, 6.07) is 16.0. The van der Waals surface area contributed by atoms with Crippen LogP contribution in [0.2, 0.25) is 0 Å². The molecule has 0 spiro atoms. The third-order valence-electron chi connectivity index (χ3n) is 4.93. The van der Waals surface area contributed by atoms with E-state index in [1.54, 1.807) is 17.5 Å². The molecule has 0 aliphatic rings. The second-order valence-corrected chi connectivity index (χ2v) is 10.1. The lowest BCUT2D eigenvalue weighted by Crippen LogP contribution is -2.14. The van der Waals surface area contributed by atoms with Crippen LogP contribution in [-0.4, -0.2) is 29.1 Å². The standard InChI is InChI=1S/C23H23N5O3S2/c1-16-15-17(2)28(26-16)20-8-3-18(4-9-20)5-12-22(29)25-19-6-10-21(11-7-19)33(30,31)27-23-24-13-14-32-23/h3-4,6-11,13-15H,5,12H2,1-2H3,(H,24,27)(H,25,29). The largest absolute Gasteiger partial charge is 0.326 e. The third kappa shape index (κ3) is 5.65. The number of rotatable bonds is 8. The summed E-state index contributed by atoms with van der Waals surface area (Å²) in [4.78, 5) is 16.4. The van der Waals surface area contributed by atoms with E-state index in [4.69, 9.17) is 0 Å². The van der Waals surface area contributed by atoms with Crippen LogP contribution >= 0.6 is 11.3 Å². The Morgan fingerprint density at radius 3 is 2.39 bits per heavy atom. The van der Waals surface area contributed by atoms with Crippen LogP contribution in [0.3, 0.4) is 0 Å². The Morgan fingerprint density at radius 2 is 1.79 bits per heavy atom. The van der Waals surface area contributed by atoms with Crippen LogP contribution in [0, 0.1) is 13.8 Å². The highest BCUT2D eigenvalue weighted by atomic mass is 32.2. The Labute approximate surface area is 196 Å². The Kier molecular flexibility index (Phi) is 6.57. The zero-order chi connectivity index (χ0) is 23.4. The number of amides is 1. The Hall–Kier alpha value is -3.50. The first kappa shape index (κ1) is 22.7. The number of carbonyl (C=O) groups excluding carboxylic acids is 1. The van der Waals surface area contributed by atoms with Crippen molar-refractivity contribution in [1.29, 1.82) is 0 Å². The minimum Gasteiger partial charge on any atom is -0.326 e. The molecule has 0 unspecified atom stereocenters. The molecule has 2 heterocycles. The molecule has 0 radical (unpaired) electrons. The van der Waals surface area contributed by atoms with E-state index < -0.39 is 10.0 Å². The molecule has 2 aromatic carbocycles. The van der Waals surface area contributed by atoms with Crippen LogP contribution in [0.1, 0.15) is 23.4 Å². The van der Waals surface area contributed by atoms with Crippen molar-refractivity contribution in [1.82, 2.24) is 14.8 Å². The summed E-state index contributed by atoms with van der Waals surface area (Å²) < 4.78 is 29.1. The fourth-order valence-corrected chi connectivity index (χ4v) is 5.13. The molecule has 0 saturated heterocycles. The van der Waals surface area contributed by atoms with Crippen LogP contribution in [-0.2, 0) is 21.2 Å². The molecule has 1 amide bonds. The van der Waals surface area contributed by atoms with E-state index in [1.807, 2.05) is 48.9 Å². The third-order valence-corrected chi connectivity index (χ3v) is 7.11. The molecule has 0 bridgehead atoms. The zero-order valence-electron chi connectivity index (χ0n) is 18.1. The van der Waals surface area contributed by atoms with Gasteiger partial charge in [-0.2, -0.15) is 5.10 Å². The van der Waals surface area contributed by atoms with Crippen molar-refractivity contribution in [2.45, 2.75) is 31.6 Å². The number of thiazole rings is 1. The molecule has 0 fully saturated rings. The first-order valence-electron chi connectivity index (χ1n) is 10.2.